The molecule has 0 spiro atoms. The van der Waals surface area contributed by atoms with Gasteiger partial charge in [0.05, 0.1) is 5.69 Å². The van der Waals surface area contributed by atoms with Crippen LogP contribution in [0.1, 0.15) is 34.8 Å². The van der Waals surface area contributed by atoms with Crippen molar-refractivity contribution in [3.8, 4) is 17.1 Å². The number of nitrogens with one attached hydrogen (secondary N) is 1. The molecule has 1 heterocycles. The molecule has 0 aliphatic heterocycles. The normalized spacial score (nSPS) is 14.1. The van der Waals surface area contributed by atoms with Crippen molar-refractivity contribution < 1.29 is 4.79 Å². The fraction of sp³-hybridized carbons (Fsp3) is 0.222. The molecule has 1 aliphatic rings. The van der Waals surface area contributed by atoms with E-state index in [1.54, 1.807) is 0 Å². The van der Waals surface area contributed by atoms with E-state index in [1.807, 2.05) is 60.7 Å². The summed E-state index contributed by atoms with van der Waals surface area (Å²) in [7, 11) is 0. The van der Waals surface area contributed by atoms with Gasteiger partial charge in [0.25, 0.3) is 0 Å². The van der Waals surface area contributed by atoms with E-state index in [0.717, 1.165) is 35.5 Å². The van der Waals surface area contributed by atoms with Crippen molar-refractivity contribution in [1.29, 1.82) is 0 Å². The van der Waals surface area contributed by atoms with Gasteiger partial charge in [-0.1, -0.05) is 78.5 Å². The summed E-state index contributed by atoms with van der Waals surface area (Å²) in [6.07, 6.45) is 2.10. The van der Waals surface area contributed by atoms with Crippen LogP contribution < -0.4 is 5.32 Å². The molecule has 4 aromatic rings. The van der Waals surface area contributed by atoms with Gasteiger partial charge in [-0.15, -0.1) is 10.2 Å². The van der Waals surface area contributed by atoms with Crippen molar-refractivity contribution in [2.45, 2.75) is 43.1 Å². The van der Waals surface area contributed by atoms with Crippen LogP contribution in [-0.4, -0.2) is 26.7 Å². The quantitative estimate of drug-likeness (QED) is 0.366. The minimum Gasteiger partial charge on any atom is -0.352 e. The predicted octanol–water partition coefficient (Wildman–Crippen LogP) is 5.66. The Morgan fingerprint density at radius 3 is 2.30 bits per heavy atom. The highest BCUT2D eigenvalue weighted by Crippen LogP contribution is 2.38. The van der Waals surface area contributed by atoms with E-state index in [-0.39, 0.29) is 5.91 Å². The number of thioether (sulfide) groups is 1. The molecule has 5 rings (SSSR count). The molecule has 33 heavy (non-hydrogen) atoms. The van der Waals surface area contributed by atoms with Gasteiger partial charge in [0.1, 0.15) is 5.25 Å². The molecule has 0 radical (unpaired) electrons. The molecular weight excluding hydrogens is 428 g/mol. The molecule has 1 aromatic heterocycles. The number of carbonyl (C=O) groups excluding carboxylic acids is 1. The lowest BCUT2D eigenvalue weighted by Crippen LogP contribution is -2.29. The second-order valence-corrected chi connectivity index (χ2v) is 9.54. The first-order valence-electron chi connectivity index (χ1n) is 11.2. The molecule has 3 aromatic carbocycles. The first kappa shape index (κ1) is 21.5. The molecule has 6 heteroatoms. The molecule has 1 saturated carbocycles. The van der Waals surface area contributed by atoms with Crippen molar-refractivity contribution in [1.82, 2.24) is 20.1 Å². The molecule has 1 aliphatic carbocycles. The van der Waals surface area contributed by atoms with Gasteiger partial charge in [-0.25, -0.2) is 0 Å². The molecule has 166 valence electrons. The van der Waals surface area contributed by atoms with E-state index in [2.05, 4.69) is 52.1 Å². The third-order valence-corrected chi connectivity index (χ3v) is 7.10. The molecule has 5 nitrogen and oxygen atoms in total. The highest BCUT2D eigenvalue weighted by Gasteiger charge is 2.31. The molecule has 1 atom stereocenters. The van der Waals surface area contributed by atoms with Crippen LogP contribution in [0.5, 0.6) is 0 Å². The maximum Gasteiger partial charge on any atom is 0.238 e. The maximum absolute atomic E-state index is 13.2. The minimum atomic E-state index is -0.412. The van der Waals surface area contributed by atoms with Crippen LogP contribution in [0.4, 0.5) is 0 Å². The number of hydrogen-bond acceptors (Lipinski definition) is 4. The second-order valence-electron chi connectivity index (χ2n) is 8.47. The lowest BCUT2D eigenvalue weighted by atomic mass is 10.1. The summed E-state index contributed by atoms with van der Waals surface area (Å²) in [5.74, 6) is 0.778. The summed E-state index contributed by atoms with van der Waals surface area (Å²) in [5.41, 5.74) is 5.35. The molecular formula is C27H26N4OS. The van der Waals surface area contributed by atoms with Crippen LogP contribution in [0, 0.1) is 13.8 Å². The monoisotopic (exact) mass is 454 g/mol. The number of aromatic nitrogens is 3. The van der Waals surface area contributed by atoms with E-state index < -0.39 is 5.25 Å². The highest BCUT2D eigenvalue weighted by atomic mass is 32.2. The predicted molar refractivity (Wildman–Crippen MR) is 132 cm³/mol. The summed E-state index contributed by atoms with van der Waals surface area (Å²) in [5, 5.41) is 12.6. The maximum atomic E-state index is 13.2. The van der Waals surface area contributed by atoms with Crippen LogP contribution in [-0.2, 0) is 4.79 Å². The van der Waals surface area contributed by atoms with Gasteiger partial charge in [-0.2, -0.15) is 0 Å². The molecule has 1 N–H and O–H groups in total. The van der Waals surface area contributed by atoms with Gasteiger partial charge in [0.2, 0.25) is 5.91 Å². The van der Waals surface area contributed by atoms with Gasteiger partial charge >= 0.3 is 0 Å². The number of amides is 1. The van der Waals surface area contributed by atoms with Gasteiger partial charge in [-0.3, -0.25) is 9.36 Å². The summed E-state index contributed by atoms with van der Waals surface area (Å²) in [4.78, 5) is 13.2. The minimum absolute atomic E-state index is 0.0181. The van der Waals surface area contributed by atoms with Crippen molar-refractivity contribution >= 4 is 17.7 Å². The van der Waals surface area contributed by atoms with Crippen LogP contribution in [0.25, 0.3) is 17.1 Å². The lowest BCUT2D eigenvalue weighted by molar-refractivity contribution is -0.120. The largest absolute Gasteiger partial charge is 0.352 e. The average Bonchev–Trinajstić information content (AvgIpc) is 3.56. The van der Waals surface area contributed by atoms with Gasteiger partial charge < -0.3 is 5.32 Å². The lowest BCUT2D eigenvalue weighted by Gasteiger charge is -2.18. The molecule has 1 amide bonds. The van der Waals surface area contributed by atoms with Gasteiger partial charge in [0.15, 0.2) is 11.0 Å². The van der Waals surface area contributed by atoms with Crippen molar-refractivity contribution in [3.63, 3.8) is 0 Å². The zero-order valence-electron chi connectivity index (χ0n) is 18.7. The first-order chi connectivity index (χ1) is 16.1. The van der Waals surface area contributed by atoms with Crippen LogP contribution >= 0.6 is 11.8 Å². The Hall–Kier alpha value is -3.38. The van der Waals surface area contributed by atoms with E-state index in [0.29, 0.717) is 11.2 Å². The first-order valence-corrected chi connectivity index (χ1v) is 12.1. The SMILES string of the molecule is Cc1ccc(-n2c(SC(C(=O)NC3CC3)c3ccccc3)nnc2-c2ccccc2)cc1C. The smallest absolute Gasteiger partial charge is 0.238 e. The van der Waals surface area contributed by atoms with Crippen LogP contribution in [0.2, 0.25) is 0 Å². The van der Waals surface area contributed by atoms with E-state index in [9.17, 15) is 4.79 Å². The van der Waals surface area contributed by atoms with E-state index >= 15 is 0 Å². The fourth-order valence-corrected chi connectivity index (χ4v) is 4.79. The van der Waals surface area contributed by atoms with Gasteiger partial charge in [-0.05, 0) is 55.5 Å². The van der Waals surface area contributed by atoms with E-state index in [1.165, 1.54) is 22.9 Å². The van der Waals surface area contributed by atoms with Crippen molar-refractivity contribution in [3.05, 3.63) is 95.6 Å². The van der Waals surface area contributed by atoms with Crippen molar-refractivity contribution in [2.24, 2.45) is 0 Å². The summed E-state index contributed by atoms with van der Waals surface area (Å²) >= 11 is 1.44. The van der Waals surface area contributed by atoms with Gasteiger partial charge in [0, 0.05) is 11.6 Å². The third-order valence-electron chi connectivity index (χ3n) is 5.90. The number of aryl methyl sites for hydroxylation is 2. The summed E-state index contributed by atoms with van der Waals surface area (Å²) < 4.78 is 2.06. The second kappa shape index (κ2) is 9.24. The molecule has 0 saturated heterocycles. The Labute approximate surface area is 198 Å². The summed E-state index contributed by atoms with van der Waals surface area (Å²) in [6, 6.07) is 26.6. The highest BCUT2D eigenvalue weighted by molar-refractivity contribution is 8.00. The number of rotatable bonds is 7. The summed E-state index contributed by atoms with van der Waals surface area (Å²) in [6.45, 7) is 4.21. The zero-order valence-corrected chi connectivity index (χ0v) is 19.5. The topological polar surface area (TPSA) is 59.8 Å². The van der Waals surface area contributed by atoms with Crippen molar-refractivity contribution in [2.75, 3.05) is 0 Å². The third kappa shape index (κ3) is 4.71. The number of carbonyl (C=O) groups is 1. The number of benzene rings is 3. The standard InChI is InChI=1S/C27H26N4OS/c1-18-13-16-23(17-19(18)2)31-25(21-11-7-4-8-12-21)29-30-27(31)33-24(20-9-5-3-6-10-20)26(32)28-22-14-15-22/h3-13,16-17,22,24H,14-15H2,1-2H3,(H,28,32). The fourth-order valence-electron chi connectivity index (χ4n) is 3.73. The Bertz CT molecular complexity index is 1270. The Kier molecular flexibility index (Phi) is 6.01. The molecule has 0 bridgehead atoms. The van der Waals surface area contributed by atoms with E-state index in [4.69, 9.17) is 0 Å². The number of nitrogens with zero attached hydrogens (tertiary/aromatic N) is 3. The molecule has 1 fully saturated rings. The Balaban J connectivity index is 1.59. The average molecular weight is 455 g/mol. The Morgan fingerprint density at radius 1 is 0.939 bits per heavy atom. The molecule has 1 unspecified atom stereocenters. The number of hydrogen-bond donors (Lipinski definition) is 1. The van der Waals surface area contributed by atoms with Crippen LogP contribution in [0.3, 0.4) is 0 Å². The zero-order chi connectivity index (χ0) is 22.8. The Morgan fingerprint density at radius 2 is 1.64 bits per heavy atom. The van der Waals surface area contributed by atoms with Crippen LogP contribution in [0.15, 0.2) is 84.0 Å².